The van der Waals surface area contributed by atoms with E-state index in [2.05, 4.69) is 5.32 Å². The predicted octanol–water partition coefficient (Wildman–Crippen LogP) is 2.23. The quantitative estimate of drug-likeness (QED) is 0.797. The van der Waals surface area contributed by atoms with Crippen LogP contribution in [0.15, 0.2) is 24.3 Å². The second-order valence-electron chi connectivity index (χ2n) is 3.97. The van der Waals surface area contributed by atoms with Gasteiger partial charge in [-0.2, -0.15) is 0 Å². The van der Waals surface area contributed by atoms with Crippen LogP contribution in [0.3, 0.4) is 0 Å². The van der Waals surface area contributed by atoms with Crippen LogP contribution in [-0.4, -0.2) is 19.4 Å². The summed E-state index contributed by atoms with van der Waals surface area (Å²) >= 11 is 5.92. The molecule has 1 saturated heterocycles. The second kappa shape index (κ2) is 4.77. The molecule has 1 N–H and O–H groups in total. The molecular weight excluding hydrogens is 210 g/mol. The first-order chi connectivity index (χ1) is 7.31. The maximum Gasteiger partial charge on any atom is 0.127 e. The molecule has 0 aliphatic carbocycles. The van der Waals surface area contributed by atoms with Crippen molar-refractivity contribution in [1.29, 1.82) is 0 Å². The van der Waals surface area contributed by atoms with E-state index in [1.54, 1.807) is 0 Å². The van der Waals surface area contributed by atoms with E-state index in [1.165, 1.54) is 0 Å². The number of halogens is 1. The molecule has 80 valence electrons. The van der Waals surface area contributed by atoms with Crippen molar-refractivity contribution in [2.45, 2.75) is 12.3 Å². The largest absolute Gasteiger partial charge is 0.316 e. The Bertz CT molecular complexity index is 347. The Kier molecular flexibility index (Phi) is 3.39. The van der Waals surface area contributed by atoms with Gasteiger partial charge in [-0.25, -0.2) is 0 Å². The molecule has 2 atom stereocenters. The molecule has 0 bridgehead atoms. The van der Waals surface area contributed by atoms with E-state index in [1.807, 2.05) is 24.3 Å². The summed E-state index contributed by atoms with van der Waals surface area (Å²) in [5, 5.41) is 3.98. The van der Waals surface area contributed by atoms with E-state index in [9.17, 15) is 4.79 Å². The van der Waals surface area contributed by atoms with Gasteiger partial charge in [-0.15, -0.1) is 0 Å². The van der Waals surface area contributed by atoms with Crippen molar-refractivity contribution in [2.24, 2.45) is 5.92 Å². The maximum atomic E-state index is 11.1. The maximum absolute atomic E-state index is 11.1. The Morgan fingerprint density at radius 1 is 1.53 bits per heavy atom. The van der Waals surface area contributed by atoms with E-state index in [0.717, 1.165) is 31.4 Å². The van der Waals surface area contributed by atoms with Crippen LogP contribution in [0.5, 0.6) is 0 Å². The SMILES string of the molecule is O=CC(c1cccc(Cl)c1)C1CCNC1. The molecule has 1 aromatic rings. The minimum atomic E-state index is -0.0151. The Morgan fingerprint density at radius 2 is 2.40 bits per heavy atom. The molecule has 2 rings (SSSR count). The number of aldehydes is 1. The van der Waals surface area contributed by atoms with Crippen LogP contribution >= 0.6 is 11.6 Å². The molecule has 15 heavy (non-hydrogen) atoms. The van der Waals surface area contributed by atoms with E-state index >= 15 is 0 Å². The molecule has 0 aromatic heterocycles. The van der Waals surface area contributed by atoms with Gasteiger partial charge in [0.15, 0.2) is 0 Å². The van der Waals surface area contributed by atoms with Gasteiger partial charge in [-0.05, 0) is 43.1 Å². The minimum absolute atomic E-state index is 0.0151. The molecule has 1 aliphatic heterocycles. The van der Waals surface area contributed by atoms with Crippen LogP contribution in [0.1, 0.15) is 17.9 Å². The van der Waals surface area contributed by atoms with Gasteiger partial charge >= 0.3 is 0 Å². The summed E-state index contributed by atoms with van der Waals surface area (Å²) in [5.41, 5.74) is 1.03. The molecule has 0 saturated carbocycles. The molecule has 3 heteroatoms. The van der Waals surface area contributed by atoms with E-state index < -0.39 is 0 Å². The first-order valence-corrected chi connectivity index (χ1v) is 5.60. The lowest BCUT2D eigenvalue weighted by Gasteiger charge is -2.17. The van der Waals surface area contributed by atoms with E-state index in [4.69, 9.17) is 11.6 Å². The summed E-state index contributed by atoms with van der Waals surface area (Å²) in [7, 11) is 0. The number of carbonyl (C=O) groups is 1. The summed E-state index contributed by atoms with van der Waals surface area (Å²) in [6, 6.07) is 7.60. The van der Waals surface area contributed by atoms with Crippen LogP contribution in [0.25, 0.3) is 0 Å². The van der Waals surface area contributed by atoms with Crippen LogP contribution in [-0.2, 0) is 4.79 Å². The number of benzene rings is 1. The smallest absolute Gasteiger partial charge is 0.127 e. The molecule has 0 amide bonds. The molecule has 0 radical (unpaired) electrons. The van der Waals surface area contributed by atoms with Crippen molar-refractivity contribution in [2.75, 3.05) is 13.1 Å². The van der Waals surface area contributed by atoms with Crippen LogP contribution in [0.2, 0.25) is 5.02 Å². The zero-order valence-electron chi connectivity index (χ0n) is 8.45. The van der Waals surface area contributed by atoms with Gasteiger partial charge in [0, 0.05) is 10.9 Å². The summed E-state index contributed by atoms with van der Waals surface area (Å²) in [6.45, 7) is 1.94. The molecule has 1 heterocycles. The Balaban J connectivity index is 2.21. The molecule has 1 aromatic carbocycles. The predicted molar refractivity (Wildman–Crippen MR) is 61.2 cm³/mol. The van der Waals surface area contributed by atoms with E-state index in [0.29, 0.717) is 10.9 Å². The third-order valence-electron chi connectivity index (χ3n) is 2.99. The van der Waals surface area contributed by atoms with Crippen molar-refractivity contribution in [3.05, 3.63) is 34.9 Å². The third kappa shape index (κ3) is 2.39. The summed E-state index contributed by atoms with van der Waals surface area (Å²) in [6.07, 6.45) is 2.11. The first-order valence-electron chi connectivity index (χ1n) is 5.22. The molecule has 2 unspecified atom stereocenters. The highest BCUT2D eigenvalue weighted by Gasteiger charge is 2.25. The zero-order valence-corrected chi connectivity index (χ0v) is 9.20. The number of hydrogen-bond acceptors (Lipinski definition) is 2. The minimum Gasteiger partial charge on any atom is -0.316 e. The lowest BCUT2D eigenvalue weighted by molar-refractivity contribution is -0.110. The summed E-state index contributed by atoms with van der Waals surface area (Å²) in [4.78, 5) is 11.1. The van der Waals surface area contributed by atoms with Gasteiger partial charge in [0.1, 0.15) is 6.29 Å². The van der Waals surface area contributed by atoms with E-state index in [-0.39, 0.29) is 5.92 Å². The van der Waals surface area contributed by atoms with Gasteiger partial charge in [0.2, 0.25) is 0 Å². The fraction of sp³-hybridized carbons (Fsp3) is 0.417. The molecule has 0 spiro atoms. The lowest BCUT2D eigenvalue weighted by atomic mass is 9.87. The molecule has 1 aliphatic rings. The Morgan fingerprint density at radius 3 is 3.00 bits per heavy atom. The van der Waals surface area contributed by atoms with Crippen molar-refractivity contribution < 1.29 is 4.79 Å². The standard InChI is InChI=1S/C12H14ClNO/c13-11-3-1-2-9(6-11)12(8-15)10-4-5-14-7-10/h1-3,6,8,10,12,14H,4-5,7H2. The Labute approximate surface area is 94.6 Å². The highest BCUT2D eigenvalue weighted by molar-refractivity contribution is 6.30. The van der Waals surface area contributed by atoms with Crippen molar-refractivity contribution in [1.82, 2.24) is 5.32 Å². The first kappa shape index (κ1) is 10.7. The second-order valence-corrected chi connectivity index (χ2v) is 4.41. The van der Waals surface area contributed by atoms with Gasteiger partial charge in [0.05, 0.1) is 0 Å². The van der Waals surface area contributed by atoms with Gasteiger partial charge in [-0.1, -0.05) is 23.7 Å². The monoisotopic (exact) mass is 223 g/mol. The highest BCUT2D eigenvalue weighted by Crippen LogP contribution is 2.28. The van der Waals surface area contributed by atoms with Crippen molar-refractivity contribution in [3.8, 4) is 0 Å². The molecule has 2 nitrogen and oxygen atoms in total. The average Bonchev–Trinajstić information content (AvgIpc) is 2.72. The number of nitrogens with one attached hydrogen (secondary N) is 1. The number of hydrogen-bond donors (Lipinski definition) is 1. The fourth-order valence-electron chi connectivity index (χ4n) is 2.16. The summed E-state index contributed by atoms with van der Waals surface area (Å²) in [5.74, 6) is 0.402. The fourth-order valence-corrected chi connectivity index (χ4v) is 2.36. The van der Waals surface area contributed by atoms with Crippen molar-refractivity contribution >= 4 is 17.9 Å². The van der Waals surface area contributed by atoms with Crippen LogP contribution in [0.4, 0.5) is 0 Å². The normalized spacial score (nSPS) is 22.6. The van der Waals surface area contributed by atoms with Gasteiger partial charge < -0.3 is 10.1 Å². The average molecular weight is 224 g/mol. The summed E-state index contributed by atoms with van der Waals surface area (Å²) < 4.78 is 0. The zero-order chi connectivity index (χ0) is 10.7. The molecule has 1 fully saturated rings. The van der Waals surface area contributed by atoms with Gasteiger partial charge in [-0.3, -0.25) is 0 Å². The Hall–Kier alpha value is -0.860. The van der Waals surface area contributed by atoms with Gasteiger partial charge in [0.25, 0.3) is 0 Å². The lowest BCUT2D eigenvalue weighted by Crippen LogP contribution is -2.17. The number of carbonyl (C=O) groups excluding carboxylic acids is 1. The molecular formula is C12H14ClNO. The van der Waals surface area contributed by atoms with Crippen LogP contribution < -0.4 is 5.32 Å². The third-order valence-corrected chi connectivity index (χ3v) is 3.22. The number of rotatable bonds is 3. The highest BCUT2D eigenvalue weighted by atomic mass is 35.5. The van der Waals surface area contributed by atoms with Crippen LogP contribution in [0, 0.1) is 5.92 Å². The topological polar surface area (TPSA) is 29.1 Å². The van der Waals surface area contributed by atoms with Crippen molar-refractivity contribution in [3.63, 3.8) is 0 Å².